The molecule has 2 saturated heterocycles. The molecule has 2 fully saturated rings. The van der Waals surface area contributed by atoms with Crippen LogP contribution in [0.2, 0.25) is 0 Å². The Hall–Kier alpha value is -2.41. The highest BCUT2D eigenvalue weighted by atomic mass is 32.2. The Balaban J connectivity index is 1.61. The van der Waals surface area contributed by atoms with Gasteiger partial charge in [-0.2, -0.15) is 0 Å². The van der Waals surface area contributed by atoms with Gasteiger partial charge in [0.2, 0.25) is 0 Å². The lowest BCUT2D eigenvalue weighted by atomic mass is 9.94. The monoisotopic (exact) mass is 424 g/mol. The van der Waals surface area contributed by atoms with Crippen molar-refractivity contribution in [3.05, 3.63) is 47.8 Å². The van der Waals surface area contributed by atoms with Crippen LogP contribution in [0.4, 0.5) is 5.69 Å². The van der Waals surface area contributed by atoms with Crippen molar-refractivity contribution in [2.24, 2.45) is 4.99 Å². The SMILES string of the molecule is COc1cc(N2CCCC2)c(OC)cc1[C@H]1[C@H](c2ccccn2)N=C2S[C@@H](C)CN21. The van der Waals surface area contributed by atoms with Crippen LogP contribution in [0, 0.1) is 0 Å². The average Bonchev–Trinajstić information content (AvgIpc) is 3.49. The van der Waals surface area contributed by atoms with Gasteiger partial charge in [0.15, 0.2) is 5.17 Å². The number of aromatic nitrogens is 1. The van der Waals surface area contributed by atoms with Gasteiger partial charge in [0.1, 0.15) is 17.5 Å². The van der Waals surface area contributed by atoms with Crippen LogP contribution in [0.3, 0.4) is 0 Å². The van der Waals surface area contributed by atoms with Gasteiger partial charge in [-0.05, 0) is 31.0 Å². The predicted molar refractivity (Wildman–Crippen MR) is 122 cm³/mol. The number of hydrogen-bond donors (Lipinski definition) is 0. The number of fused-ring (bicyclic) bond motifs is 1. The maximum atomic E-state index is 5.93. The first-order valence-electron chi connectivity index (χ1n) is 10.6. The van der Waals surface area contributed by atoms with Gasteiger partial charge in [-0.15, -0.1) is 0 Å². The minimum atomic E-state index is -0.0579. The van der Waals surface area contributed by atoms with Crippen LogP contribution in [-0.4, -0.2) is 54.2 Å². The molecule has 0 amide bonds. The third kappa shape index (κ3) is 3.29. The highest BCUT2D eigenvalue weighted by Gasteiger charge is 2.45. The van der Waals surface area contributed by atoms with Gasteiger partial charge < -0.3 is 19.3 Å². The van der Waals surface area contributed by atoms with Crippen molar-refractivity contribution in [2.75, 3.05) is 38.8 Å². The number of methoxy groups -OCH3 is 2. The lowest BCUT2D eigenvalue weighted by molar-refractivity contribution is 0.306. The first-order valence-corrected chi connectivity index (χ1v) is 11.5. The molecule has 0 spiro atoms. The van der Waals surface area contributed by atoms with Crippen LogP contribution in [0.5, 0.6) is 11.5 Å². The Bertz CT molecular complexity index is 946. The quantitative estimate of drug-likeness (QED) is 0.714. The van der Waals surface area contributed by atoms with Gasteiger partial charge in [-0.1, -0.05) is 24.8 Å². The van der Waals surface area contributed by atoms with E-state index >= 15 is 0 Å². The van der Waals surface area contributed by atoms with Crippen molar-refractivity contribution >= 4 is 22.6 Å². The molecule has 4 heterocycles. The molecule has 0 unspecified atom stereocenters. The average molecular weight is 425 g/mol. The summed E-state index contributed by atoms with van der Waals surface area (Å²) in [5.41, 5.74) is 3.22. The molecule has 3 aliphatic heterocycles. The van der Waals surface area contributed by atoms with Crippen molar-refractivity contribution in [1.82, 2.24) is 9.88 Å². The summed E-state index contributed by atoms with van der Waals surface area (Å²) >= 11 is 1.85. The molecule has 0 saturated carbocycles. The fourth-order valence-electron chi connectivity index (χ4n) is 4.80. The van der Waals surface area contributed by atoms with E-state index in [4.69, 9.17) is 14.5 Å². The van der Waals surface area contributed by atoms with Crippen LogP contribution in [-0.2, 0) is 0 Å². The lowest BCUT2D eigenvalue weighted by Gasteiger charge is -2.30. The summed E-state index contributed by atoms with van der Waals surface area (Å²) in [5.74, 6) is 1.80. The second kappa shape index (κ2) is 8.02. The van der Waals surface area contributed by atoms with Gasteiger partial charge >= 0.3 is 0 Å². The molecule has 1 aromatic heterocycles. The Kier molecular flexibility index (Phi) is 5.23. The van der Waals surface area contributed by atoms with E-state index < -0.39 is 0 Å². The highest BCUT2D eigenvalue weighted by molar-refractivity contribution is 8.14. The van der Waals surface area contributed by atoms with Crippen molar-refractivity contribution in [3.63, 3.8) is 0 Å². The van der Waals surface area contributed by atoms with Crippen LogP contribution < -0.4 is 14.4 Å². The standard InChI is InChI=1S/C23H28N4O2S/c1-15-14-27-22(21(25-23(27)30-15)17-8-4-5-9-24-17)16-12-20(29-3)18(13-19(16)28-2)26-10-6-7-11-26/h4-5,8-9,12-13,15,21-22H,6-7,10-11,14H2,1-3H3/t15-,21-,22-/m0/s1. The van der Waals surface area contributed by atoms with Crippen LogP contribution in [0.15, 0.2) is 41.5 Å². The molecule has 0 radical (unpaired) electrons. The summed E-state index contributed by atoms with van der Waals surface area (Å²) in [6.45, 7) is 5.35. The number of hydrogen-bond acceptors (Lipinski definition) is 7. The summed E-state index contributed by atoms with van der Waals surface area (Å²) < 4.78 is 11.8. The van der Waals surface area contributed by atoms with Gasteiger partial charge in [-0.25, -0.2) is 0 Å². The Labute approximate surface area is 182 Å². The third-order valence-electron chi connectivity index (χ3n) is 6.18. The summed E-state index contributed by atoms with van der Waals surface area (Å²) in [7, 11) is 3.51. The van der Waals surface area contributed by atoms with E-state index in [0.717, 1.165) is 53.2 Å². The maximum absolute atomic E-state index is 5.93. The van der Waals surface area contributed by atoms with Gasteiger partial charge in [-0.3, -0.25) is 9.98 Å². The first kappa shape index (κ1) is 19.5. The van der Waals surface area contributed by atoms with Crippen molar-refractivity contribution in [2.45, 2.75) is 37.1 Å². The molecule has 3 atom stereocenters. The minimum absolute atomic E-state index is 0.0452. The first-order chi connectivity index (χ1) is 14.7. The minimum Gasteiger partial charge on any atom is -0.496 e. The van der Waals surface area contributed by atoms with Crippen LogP contribution >= 0.6 is 11.8 Å². The molecular weight excluding hydrogens is 396 g/mol. The predicted octanol–water partition coefficient (Wildman–Crippen LogP) is 4.29. The molecule has 0 N–H and O–H groups in total. The molecule has 7 heteroatoms. The largest absolute Gasteiger partial charge is 0.496 e. The van der Waals surface area contributed by atoms with E-state index in [-0.39, 0.29) is 12.1 Å². The molecule has 5 rings (SSSR count). The number of benzene rings is 1. The zero-order valence-electron chi connectivity index (χ0n) is 17.7. The zero-order chi connectivity index (χ0) is 20.7. The molecule has 3 aliphatic rings. The van der Waals surface area contributed by atoms with E-state index in [2.05, 4.69) is 39.9 Å². The van der Waals surface area contributed by atoms with Gasteiger partial charge in [0.25, 0.3) is 0 Å². The number of rotatable bonds is 5. The number of ether oxygens (including phenoxy) is 2. The molecule has 158 valence electrons. The zero-order valence-corrected chi connectivity index (χ0v) is 18.6. The summed E-state index contributed by atoms with van der Waals surface area (Å²) in [6, 6.07) is 10.4. The molecule has 6 nitrogen and oxygen atoms in total. The van der Waals surface area contributed by atoms with Crippen LogP contribution in [0.1, 0.15) is 43.1 Å². The van der Waals surface area contributed by atoms with Crippen molar-refractivity contribution in [1.29, 1.82) is 0 Å². The Morgan fingerprint density at radius 1 is 1.07 bits per heavy atom. The maximum Gasteiger partial charge on any atom is 0.160 e. The summed E-state index contributed by atoms with van der Waals surface area (Å²) in [6.07, 6.45) is 4.29. The number of anilines is 1. The summed E-state index contributed by atoms with van der Waals surface area (Å²) in [4.78, 5) is 14.5. The molecule has 2 aromatic rings. The topological polar surface area (TPSA) is 50.2 Å². The molecule has 0 aliphatic carbocycles. The Morgan fingerprint density at radius 2 is 1.87 bits per heavy atom. The van der Waals surface area contributed by atoms with Crippen LogP contribution in [0.25, 0.3) is 0 Å². The molecule has 0 bridgehead atoms. The van der Waals surface area contributed by atoms with Gasteiger partial charge in [0.05, 0.1) is 31.6 Å². The van der Waals surface area contributed by atoms with E-state index in [1.54, 1.807) is 14.2 Å². The third-order valence-corrected chi connectivity index (χ3v) is 7.28. The van der Waals surface area contributed by atoms with E-state index in [1.165, 1.54) is 12.8 Å². The number of nitrogens with zero attached hydrogens (tertiary/aromatic N) is 4. The summed E-state index contributed by atoms with van der Waals surface area (Å²) in [5, 5.41) is 1.63. The second-order valence-corrected chi connectivity index (χ2v) is 9.50. The smallest absolute Gasteiger partial charge is 0.160 e. The molecular formula is C23H28N4O2S. The lowest BCUT2D eigenvalue weighted by Crippen LogP contribution is -2.29. The second-order valence-electron chi connectivity index (χ2n) is 8.10. The van der Waals surface area contributed by atoms with Crippen molar-refractivity contribution < 1.29 is 9.47 Å². The highest BCUT2D eigenvalue weighted by Crippen LogP contribution is 2.51. The fraction of sp³-hybridized carbons (Fsp3) is 0.478. The normalized spacial score (nSPS) is 25.4. The van der Waals surface area contributed by atoms with E-state index in [1.807, 2.05) is 30.1 Å². The molecule has 1 aromatic carbocycles. The molecule has 30 heavy (non-hydrogen) atoms. The number of thioether (sulfide) groups is 1. The number of aliphatic imine (C=N–C) groups is 1. The van der Waals surface area contributed by atoms with Crippen molar-refractivity contribution in [3.8, 4) is 11.5 Å². The van der Waals surface area contributed by atoms with E-state index in [9.17, 15) is 0 Å². The fourth-order valence-corrected chi connectivity index (χ4v) is 5.89. The Morgan fingerprint density at radius 3 is 2.57 bits per heavy atom. The number of amidine groups is 1. The van der Waals surface area contributed by atoms with Gasteiger partial charge in [0, 0.05) is 42.7 Å². The number of pyridine rings is 1. The van der Waals surface area contributed by atoms with E-state index in [0.29, 0.717) is 5.25 Å².